The maximum atomic E-state index is 13.3. The second-order valence-corrected chi connectivity index (χ2v) is 9.61. The van der Waals surface area contributed by atoms with Gasteiger partial charge in [-0.2, -0.15) is 0 Å². The van der Waals surface area contributed by atoms with Crippen LogP contribution >= 0.6 is 0 Å². The number of rotatable bonds is 1. The monoisotopic (exact) mass is 302 g/mol. The summed E-state index contributed by atoms with van der Waals surface area (Å²) in [5, 5.41) is 0. The molecule has 4 aliphatic carbocycles. The Hall–Kier alpha value is -0.330. The zero-order valence-electron chi connectivity index (χ0n) is 14.9. The number of carbonyl (C=O) groups excluding carboxylic acids is 1. The van der Waals surface area contributed by atoms with Gasteiger partial charge in [-0.25, -0.2) is 0 Å². The molecule has 0 saturated heterocycles. The lowest BCUT2D eigenvalue weighted by Crippen LogP contribution is -2.56. The minimum atomic E-state index is 0.338. The fourth-order valence-electron chi connectivity index (χ4n) is 7.88. The van der Waals surface area contributed by atoms with Gasteiger partial charge in [-0.05, 0) is 73.0 Å². The Morgan fingerprint density at radius 3 is 2.59 bits per heavy atom. The maximum Gasteiger partial charge on any atom is 0.137 e. The molecule has 1 heteroatoms. The van der Waals surface area contributed by atoms with Gasteiger partial charge in [0.2, 0.25) is 0 Å². The van der Waals surface area contributed by atoms with E-state index >= 15 is 0 Å². The highest BCUT2D eigenvalue weighted by Crippen LogP contribution is 2.66. The summed E-state index contributed by atoms with van der Waals surface area (Å²) in [6.45, 7) is 7.32. The largest absolute Gasteiger partial charge is 0.299 e. The van der Waals surface area contributed by atoms with Crippen LogP contribution in [0.3, 0.4) is 0 Å². The summed E-state index contributed by atoms with van der Waals surface area (Å²) in [4.78, 5) is 13.3. The van der Waals surface area contributed by atoms with Crippen LogP contribution in [0.5, 0.6) is 0 Å². The van der Waals surface area contributed by atoms with Crippen LogP contribution in [0, 0.1) is 40.4 Å². The first-order valence-electron chi connectivity index (χ1n) is 10.0. The van der Waals surface area contributed by atoms with Gasteiger partial charge >= 0.3 is 0 Å². The summed E-state index contributed by atoms with van der Waals surface area (Å²) in [6.07, 6.45) is 13.2. The Bertz CT molecular complexity index is 469. The standard InChI is InChI=1S/C21H34O/c1-4-14-9-11-17-16-10-8-15-7-5-6-12-20(15,2)19(16)18(22)13-21(14,17)3/h14-17,19H,4-13H2,1-3H3/t14-,15-,16+,17-,19-,20+,21+/m1/s1. The lowest BCUT2D eigenvalue weighted by Gasteiger charge is -2.59. The highest BCUT2D eigenvalue weighted by molar-refractivity contribution is 5.84. The Balaban J connectivity index is 1.69. The first-order chi connectivity index (χ1) is 10.5. The predicted molar refractivity (Wildman–Crippen MR) is 90.5 cm³/mol. The summed E-state index contributed by atoms with van der Waals surface area (Å²) >= 11 is 0. The van der Waals surface area contributed by atoms with E-state index in [0.717, 1.165) is 30.1 Å². The summed E-state index contributed by atoms with van der Waals surface area (Å²) in [5.74, 6) is 4.30. The van der Waals surface area contributed by atoms with Crippen LogP contribution < -0.4 is 0 Å². The van der Waals surface area contributed by atoms with Crippen LogP contribution in [0.1, 0.15) is 85.0 Å². The highest BCUT2D eigenvalue weighted by atomic mass is 16.1. The van der Waals surface area contributed by atoms with Crippen LogP contribution in [0.4, 0.5) is 0 Å². The smallest absolute Gasteiger partial charge is 0.137 e. The van der Waals surface area contributed by atoms with E-state index in [1.165, 1.54) is 57.8 Å². The molecule has 0 aromatic heterocycles. The molecule has 0 spiro atoms. The number of ketones is 1. The van der Waals surface area contributed by atoms with Crippen molar-refractivity contribution in [2.24, 2.45) is 40.4 Å². The average Bonchev–Trinajstić information content (AvgIpc) is 2.82. The van der Waals surface area contributed by atoms with Gasteiger partial charge in [0.25, 0.3) is 0 Å². The van der Waals surface area contributed by atoms with E-state index in [4.69, 9.17) is 0 Å². The minimum Gasteiger partial charge on any atom is -0.299 e. The number of carbonyl (C=O) groups is 1. The Morgan fingerprint density at radius 1 is 1.00 bits per heavy atom. The quantitative estimate of drug-likeness (QED) is 0.614. The molecule has 4 saturated carbocycles. The van der Waals surface area contributed by atoms with E-state index in [-0.39, 0.29) is 0 Å². The molecule has 22 heavy (non-hydrogen) atoms. The normalized spacial score (nSPS) is 54.5. The molecule has 0 unspecified atom stereocenters. The van der Waals surface area contributed by atoms with Crippen LogP contribution in [0.2, 0.25) is 0 Å². The molecule has 124 valence electrons. The molecule has 7 atom stereocenters. The number of hydrogen-bond donors (Lipinski definition) is 0. The van der Waals surface area contributed by atoms with E-state index in [1.54, 1.807) is 0 Å². The van der Waals surface area contributed by atoms with Crippen molar-refractivity contribution in [3.8, 4) is 0 Å². The van der Waals surface area contributed by atoms with Gasteiger partial charge in [-0.15, -0.1) is 0 Å². The van der Waals surface area contributed by atoms with E-state index in [0.29, 0.717) is 22.5 Å². The molecule has 4 rings (SSSR count). The third-order valence-corrected chi connectivity index (χ3v) is 8.96. The Kier molecular flexibility index (Phi) is 3.51. The second-order valence-electron chi connectivity index (χ2n) is 9.61. The van der Waals surface area contributed by atoms with Gasteiger partial charge in [0.15, 0.2) is 0 Å². The lowest BCUT2D eigenvalue weighted by molar-refractivity contribution is -0.157. The Morgan fingerprint density at radius 2 is 1.82 bits per heavy atom. The van der Waals surface area contributed by atoms with Crippen LogP contribution in [0.15, 0.2) is 0 Å². The molecule has 0 aliphatic heterocycles. The lowest BCUT2D eigenvalue weighted by atomic mass is 9.44. The molecule has 0 aromatic carbocycles. The minimum absolute atomic E-state index is 0.338. The molecular formula is C21H34O. The number of hydrogen-bond acceptors (Lipinski definition) is 1. The third kappa shape index (κ3) is 1.86. The molecule has 0 heterocycles. The molecule has 0 radical (unpaired) electrons. The summed E-state index contributed by atoms with van der Waals surface area (Å²) in [5.41, 5.74) is 0.689. The third-order valence-electron chi connectivity index (χ3n) is 8.96. The average molecular weight is 303 g/mol. The van der Waals surface area contributed by atoms with Crippen LogP contribution in [-0.4, -0.2) is 5.78 Å². The van der Waals surface area contributed by atoms with E-state index in [2.05, 4.69) is 20.8 Å². The van der Waals surface area contributed by atoms with Crippen LogP contribution in [-0.2, 0) is 4.79 Å². The molecule has 0 aromatic rings. The fourth-order valence-corrected chi connectivity index (χ4v) is 7.88. The highest BCUT2D eigenvalue weighted by Gasteiger charge is 2.62. The van der Waals surface area contributed by atoms with Gasteiger partial charge in [-0.1, -0.05) is 40.0 Å². The van der Waals surface area contributed by atoms with E-state index in [1.807, 2.05) is 0 Å². The predicted octanol–water partition coefficient (Wildman–Crippen LogP) is 5.62. The van der Waals surface area contributed by atoms with Crippen LogP contribution in [0.25, 0.3) is 0 Å². The van der Waals surface area contributed by atoms with Crippen molar-refractivity contribution in [3.63, 3.8) is 0 Å². The van der Waals surface area contributed by atoms with Crippen molar-refractivity contribution in [3.05, 3.63) is 0 Å². The maximum absolute atomic E-state index is 13.3. The second kappa shape index (κ2) is 5.08. The molecule has 4 fully saturated rings. The van der Waals surface area contributed by atoms with Gasteiger partial charge in [-0.3, -0.25) is 4.79 Å². The summed E-state index contributed by atoms with van der Waals surface area (Å²) < 4.78 is 0. The molecule has 0 amide bonds. The molecular weight excluding hydrogens is 268 g/mol. The molecule has 1 nitrogen and oxygen atoms in total. The van der Waals surface area contributed by atoms with E-state index in [9.17, 15) is 4.79 Å². The van der Waals surface area contributed by atoms with Crippen molar-refractivity contribution >= 4 is 5.78 Å². The Labute approximate surface area is 136 Å². The number of Topliss-reactive ketones (excluding diaryl/α,β-unsaturated/α-hetero) is 1. The van der Waals surface area contributed by atoms with E-state index < -0.39 is 0 Å². The van der Waals surface area contributed by atoms with Crippen molar-refractivity contribution in [2.45, 2.75) is 85.0 Å². The first-order valence-corrected chi connectivity index (χ1v) is 10.0. The van der Waals surface area contributed by atoms with Crippen molar-refractivity contribution < 1.29 is 4.79 Å². The first kappa shape index (κ1) is 15.2. The zero-order chi connectivity index (χ0) is 15.5. The van der Waals surface area contributed by atoms with Crippen molar-refractivity contribution in [1.29, 1.82) is 0 Å². The molecule has 4 aliphatic rings. The summed E-state index contributed by atoms with van der Waals surface area (Å²) in [7, 11) is 0. The van der Waals surface area contributed by atoms with Gasteiger partial charge < -0.3 is 0 Å². The van der Waals surface area contributed by atoms with Crippen molar-refractivity contribution in [1.82, 2.24) is 0 Å². The SMILES string of the molecule is CC[C@@H]1CC[C@@H]2[C@@H]3CC[C@H]4CCCC[C@]4(C)[C@H]3C(=O)C[C@@]12C. The molecule has 0 bridgehead atoms. The summed E-state index contributed by atoms with van der Waals surface area (Å²) in [6, 6.07) is 0. The van der Waals surface area contributed by atoms with Gasteiger partial charge in [0.1, 0.15) is 5.78 Å². The topological polar surface area (TPSA) is 17.1 Å². The zero-order valence-corrected chi connectivity index (χ0v) is 14.9. The fraction of sp³-hybridized carbons (Fsp3) is 0.952. The van der Waals surface area contributed by atoms with Gasteiger partial charge in [0, 0.05) is 12.3 Å². The van der Waals surface area contributed by atoms with Crippen molar-refractivity contribution in [2.75, 3.05) is 0 Å². The molecule has 0 N–H and O–H groups in total. The number of fused-ring (bicyclic) bond motifs is 5. The van der Waals surface area contributed by atoms with Gasteiger partial charge in [0.05, 0.1) is 0 Å².